The lowest BCUT2D eigenvalue weighted by atomic mass is 10.2. The first-order chi connectivity index (χ1) is 12.1. The molecule has 25 heavy (non-hydrogen) atoms. The average Bonchev–Trinajstić information content (AvgIpc) is 3.07. The lowest BCUT2D eigenvalue weighted by Gasteiger charge is -2.11. The average molecular weight is 361 g/mol. The van der Waals surface area contributed by atoms with Crippen molar-refractivity contribution in [2.24, 2.45) is 4.99 Å². The molecule has 3 rings (SSSR count). The van der Waals surface area contributed by atoms with Crippen molar-refractivity contribution in [3.05, 3.63) is 24.1 Å². The van der Waals surface area contributed by atoms with Gasteiger partial charge in [-0.25, -0.2) is 4.99 Å². The van der Waals surface area contributed by atoms with Crippen molar-refractivity contribution in [2.45, 2.75) is 12.2 Å². The van der Waals surface area contributed by atoms with Gasteiger partial charge in [-0.3, -0.25) is 10.2 Å². The van der Waals surface area contributed by atoms with Gasteiger partial charge in [-0.05, 0) is 18.2 Å². The van der Waals surface area contributed by atoms with Gasteiger partial charge in [0.2, 0.25) is 17.6 Å². The third kappa shape index (κ3) is 3.97. The standard InChI is InChI=1S/C15H15N5O4S/c1-22-9-4-3-8(5-10(9)23-2)14-19-13(24-20-14)7-25-15-17-11(16)6-12(21)18-15/h3-5H,6-7H2,1-2H3,(H2,16,17,18,21). The molecule has 0 fully saturated rings. The Morgan fingerprint density at radius 3 is 2.84 bits per heavy atom. The summed E-state index contributed by atoms with van der Waals surface area (Å²) in [4.78, 5) is 19.7. The van der Waals surface area contributed by atoms with Crippen LogP contribution in [0.1, 0.15) is 12.3 Å². The van der Waals surface area contributed by atoms with E-state index in [0.29, 0.717) is 34.1 Å². The molecule has 1 aromatic carbocycles. The Morgan fingerprint density at radius 1 is 1.32 bits per heavy atom. The zero-order valence-electron chi connectivity index (χ0n) is 13.5. The fraction of sp³-hybridized carbons (Fsp3) is 0.267. The summed E-state index contributed by atoms with van der Waals surface area (Å²) in [6.45, 7) is 0. The Labute approximate surface area is 147 Å². The number of aliphatic imine (C=N–C) groups is 1. The van der Waals surface area contributed by atoms with E-state index in [1.807, 2.05) is 0 Å². The second kappa shape index (κ2) is 7.34. The molecule has 0 radical (unpaired) electrons. The topological polar surface area (TPSA) is 123 Å². The third-order valence-corrected chi connectivity index (χ3v) is 4.11. The number of amidine groups is 2. The maximum atomic E-state index is 11.4. The van der Waals surface area contributed by atoms with Gasteiger partial charge in [0, 0.05) is 5.56 Å². The molecular weight excluding hydrogens is 346 g/mol. The number of methoxy groups -OCH3 is 2. The summed E-state index contributed by atoms with van der Waals surface area (Å²) in [6, 6.07) is 5.32. The number of thioether (sulfide) groups is 1. The number of nitrogens with zero attached hydrogens (tertiary/aromatic N) is 3. The zero-order chi connectivity index (χ0) is 17.8. The second-order valence-corrected chi connectivity index (χ2v) is 5.92. The Bertz CT molecular complexity index is 848. The third-order valence-electron chi connectivity index (χ3n) is 3.25. The van der Waals surface area contributed by atoms with Crippen molar-refractivity contribution < 1.29 is 18.8 Å². The first-order valence-corrected chi connectivity index (χ1v) is 8.21. The molecular formula is C15H15N5O4S. The summed E-state index contributed by atoms with van der Waals surface area (Å²) in [5, 5.41) is 14.4. The highest BCUT2D eigenvalue weighted by Gasteiger charge is 2.18. The van der Waals surface area contributed by atoms with E-state index in [1.165, 1.54) is 11.8 Å². The van der Waals surface area contributed by atoms with Crippen molar-refractivity contribution in [3.8, 4) is 22.9 Å². The molecule has 1 amide bonds. The molecule has 0 saturated heterocycles. The van der Waals surface area contributed by atoms with Crippen LogP contribution in [-0.4, -0.2) is 41.3 Å². The normalized spacial score (nSPS) is 14.1. The molecule has 2 heterocycles. The maximum Gasteiger partial charge on any atom is 0.237 e. The highest BCUT2D eigenvalue weighted by molar-refractivity contribution is 8.13. The van der Waals surface area contributed by atoms with E-state index < -0.39 is 0 Å². The number of rotatable bonds is 5. The molecule has 10 heteroatoms. The molecule has 9 nitrogen and oxygen atoms in total. The molecule has 2 aromatic rings. The van der Waals surface area contributed by atoms with Crippen LogP contribution in [0.3, 0.4) is 0 Å². The number of ether oxygens (including phenoxy) is 2. The smallest absolute Gasteiger partial charge is 0.237 e. The predicted octanol–water partition coefficient (Wildman–Crippen LogP) is 1.84. The Hall–Kier alpha value is -2.88. The van der Waals surface area contributed by atoms with Crippen LogP contribution in [0.4, 0.5) is 0 Å². The number of aromatic nitrogens is 2. The molecule has 1 aromatic heterocycles. The first kappa shape index (κ1) is 17.0. The van der Waals surface area contributed by atoms with Crippen molar-refractivity contribution in [1.29, 1.82) is 5.41 Å². The zero-order valence-corrected chi connectivity index (χ0v) is 14.3. The largest absolute Gasteiger partial charge is 0.493 e. The van der Waals surface area contributed by atoms with Crippen LogP contribution in [0.2, 0.25) is 0 Å². The van der Waals surface area contributed by atoms with Crippen molar-refractivity contribution >= 4 is 28.7 Å². The van der Waals surface area contributed by atoms with Gasteiger partial charge in [-0.2, -0.15) is 4.98 Å². The van der Waals surface area contributed by atoms with Crippen LogP contribution in [-0.2, 0) is 10.5 Å². The fourth-order valence-electron chi connectivity index (χ4n) is 2.11. The van der Waals surface area contributed by atoms with Crippen LogP contribution in [0, 0.1) is 5.41 Å². The molecule has 130 valence electrons. The molecule has 1 aliphatic heterocycles. The van der Waals surface area contributed by atoms with Gasteiger partial charge in [-0.1, -0.05) is 16.9 Å². The van der Waals surface area contributed by atoms with Gasteiger partial charge in [0.25, 0.3) is 0 Å². The number of benzene rings is 1. The maximum absolute atomic E-state index is 11.4. The summed E-state index contributed by atoms with van der Waals surface area (Å²) < 4.78 is 15.7. The number of hydrogen-bond acceptors (Lipinski definition) is 8. The molecule has 0 atom stereocenters. The van der Waals surface area contributed by atoms with Gasteiger partial charge < -0.3 is 19.3 Å². The lowest BCUT2D eigenvalue weighted by molar-refractivity contribution is -0.118. The van der Waals surface area contributed by atoms with E-state index in [-0.39, 0.29) is 18.2 Å². The van der Waals surface area contributed by atoms with Crippen LogP contribution >= 0.6 is 11.8 Å². The Kier molecular flexibility index (Phi) is 4.98. The van der Waals surface area contributed by atoms with Crippen LogP contribution in [0.25, 0.3) is 11.4 Å². The fourth-order valence-corrected chi connectivity index (χ4v) is 2.85. The number of carbonyl (C=O) groups excluding carboxylic acids is 1. The molecule has 0 bridgehead atoms. The Balaban J connectivity index is 1.70. The second-order valence-electron chi connectivity index (χ2n) is 4.96. The summed E-state index contributed by atoms with van der Waals surface area (Å²) in [6.07, 6.45) is -0.00588. The van der Waals surface area contributed by atoms with E-state index in [9.17, 15) is 4.79 Å². The molecule has 0 unspecified atom stereocenters. The minimum atomic E-state index is -0.251. The van der Waals surface area contributed by atoms with Crippen LogP contribution in [0.5, 0.6) is 11.5 Å². The molecule has 0 aliphatic carbocycles. The number of nitrogens with one attached hydrogen (secondary N) is 2. The first-order valence-electron chi connectivity index (χ1n) is 7.23. The number of hydrogen-bond donors (Lipinski definition) is 2. The van der Waals surface area contributed by atoms with Gasteiger partial charge in [0.05, 0.1) is 26.4 Å². The van der Waals surface area contributed by atoms with Crippen molar-refractivity contribution in [1.82, 2.24) is 15.5 Å². The van der Waals surface area contributed by atoms with Crippen LogP contribution in [0.15, 0.2) is 27.7 Å². The molecule has 0 spiro atoms. The molecule has 2 N–H and O–H groups in total. The van der Waals surface area contributed by atoms with Gasteiger partial charge >= 0.3 is 0 Å². The summed E-state index contributed by atoms with van der Waals surface area (Å²) in [5.41, 5.74) is 0.725. The highest BCUT2D eigenvalue weighted by atomic mass is 32.2. The summed E-state index contributed by atoms with van der Waals surface area (Å²) in [5.74, 6) is 2.08. The summed E-state index contributed by atoms with van der Waals surface area (Å²) >= 11 is 1.22. The van der Waals surface area contributed by atoms with E-state index in [1.54, 1.807) is 32.4 Å². The Morgan fingerprint density at radius 2 is 2.12 bits per heavy atom. The van der Waals surface area contributed by atoms with E-state index in [2.05, 4.69) is 20.4 Å². The number of amides is 1. The van der Waals surface area contributed by atoms with E-state index in [4.69, 9.17) is 19.4 Å². The van der Waals surface area contributed by atoms with Crippen molar-refractivity contribution in [2.75, 3.05) is 14.2 Å². The quantitative estimate of drug-likeness (QED) is 0.833. The summed E-state index contributed by atoms with van der Waals surface area (Å²) in [7, 11) is 3.12. The van der Waals surface area contributed by atoms with Gasteiger partial charge in [0.1, 0.15) is 5.84 Å². The predicted molar refractivity (Wildman–Crippen MR) is 92.1 cm³/mol. The van der Waals surface area contributed by atoms with E-state index >= 15 is 0 Å². The molecule has 0 saturated carbocycles. The monoisotopic (exact) mass is 361 g/mol. The number of carbonyl (C=O) groups is 1. The van der Waals surface area contributed by atoms with E-state index in [0.717, 1.165) is 5.56 Å². The van der Waals surface area contributed by atoms with Crippen molar-refractivity contribution in [3.63, 3.8) is 0 Å². The highest BCUT2D eigenvalue weighted by Crippen LogP contribution is 2.31. The lowest BCUT2D eigenvalue weighted by Crippen LogP contribution is -2.34. The van der Waals surface area contributed by atoms with Gasteiger partial charge in [-0.15, -0.1) is 0 Å². The molecule has 1 aliphatic rings. The SMILES string of the molecule is COc1ccc(-c2noc(CSC3=NC(=N)CC(=O)N3)n2)cc1OC. The van der Waals surface area contributed by atoms with Gasteiger partial charge in [0.15, 0.2) is 16.7 Å². The minimum absolute atomic E-state index is 0.00588. The minimum Gasteiger partial charge on any atom is -0.493 e. The van der Waals surface area contributed by atoms with Crippen LogP contribution < -0.4 is 14.8 Å².